The summed E-state index contributed by atoms with van der Waals surface area (Å²) in [5.74, 6) is 0. The van der Waals surface area contributed by atoms with Crippen molar-refractivity contribution in [2.75, 3.05) is 0 Å². The molecule has 1 N–H and O–H groups in total. The molecule has 3 unspecified atom stereocenters. The van der Waals surface area contributed by atoms with E-state index >= 15 is 0 Å². The minimum atomic E-state index is -1.99. The van der Waals surface area contributed by atoms with E-state index in [1.165, 1.54) is 0 Å². The maximum atomic E-state index is 12.9. The number of rotatable bonds is 0. The molecule has 2 aliphatic heterocycles. The van der Waals surface area contributed by atoms with Crippen LogP contribution in [0.4, 0.5) is 8.87 Å². The molecule has 0 bridgehead atoms. The predicted molar refractivity (Wildman–Crippen MR) is 44.7 cm³/mol. The van der Waals surface area contributed by atoms with Crippen molar-refractivity contribution in [3.8, 4) is 0 Å². The van der Waals surface area contributed by atoms with Crippen LogP contribution in [0.1, 0.15) is 6.42 Å². The molecule has 3 nitrogen and oxygen atoms in total. The number of alkyl halides is 1. The summed E-state index contributed by atoms with van der Waals surface area (Å²) in [6, 6.07) is -0.340. The highest BCUT2D eigenvalue weighted by molar-refractivity contribution is 7.86. The number of hydrogen-bond donors (Lipinski definition) is 1. The molecule has 0 aromatic carbocycles. The second-order valence-corrected chi connectivity index (χ2v) is 4.16. The first-order valence-corrected chi connectivity index (χ1v) is 4.94. The van der Waals surface area contributed by atoms with Gasteiger partial charge in [-0.25, -0.2) is 8.60 Å². The van der Waals surface area contributed by atoms with Gasteiger partial charge in [-0.15, -0.1) is 4.48 Å². The van der Waals surface area contributed by atoms with E-state index in [1.54, 1.807) is 18.4 Å². The van der Waals surface area contributed by atoms with Crippen LogP contribution < -0.4 is 5.32 Å². The Balaban J connectivity index is 2.29. The summed E-state index contributed by atoms with van der Waals surface area (Å²) in [6.07, 6.45) is 3.00. The smallest absolute Gasteiger partial charge is 0.196 e. The molecular weight excluding hydrogens is 198 g/mol. The van der Waals surface area contributed by atoms with E-state index in [0.717, 1.165) is 0 Å². The maximum absolute atomic E-state index is 12.9. The fourth-order valence-corrected chi connectivity index (χ4v) is 2.46. The zero-order valence-electron chi connectivity index (χ0n) is 6.61. The van der Waals surface area contributed by atoms with Crippen LogP contribution >= 0.6 is 0 Å². The average molecular weight is 206 g/mol. The Bertz CT molecular complexity index is 305. The summed E-state index contributed by atoms with van der Waals surface area (Å²) in [6.45, 7) is 0. The van der Waals surface area contributed by atoms with E-state index in [-0.39, 0.29) is 17.0 Å². The fraction of sp³-hybridized carbons (Fsp3) is 0.429. The molecule has 0 radical (unpaired) electrons. The van der Waals surface area contributed by atoms with Crippen LogP contribution in [0, 0.1) is 0 Å². The zero-order valence-corrected chi connectivity index (χ0v) is 7.43. The topological polar surface area (TPSA) is 32.3 Å². The van der Waals surface area contributed by atoms with Gasteiger partial charge in [-0.3, -0.25) is 0 Å². The summed E-state index contributed by atoms with van der Waals surface area (Å²) in [7, 11) is -1.99. The normalized spacial score (nSPS) is 39.2. The zero-order chi connectivity index (χ0) is 9.42. The minimum absolute atomic E-state index is 0.0155. The lowest BCUT2D eigenvalue weighted by Gasteiger charge is -2.31. The lowest BCUT2D eigenvalue weighted by atomic mass is 10.1. The van der Waals surface area contributed by atoms with Crippen molar-refractivity contribution in [3.05, 3.63) is 23.3 Å². The molecule has 0 spiro atoms. The van der Waals surface area contributed by atoms with Crippen molar-refractivity contribution in [2.24, 2.45) is 0 Å². The third-order valence-electron chi connectivity index (χ3n) is 2.01. The third-order valence-corrected chi connectivity index (χ3v) is 3.38. The van der Waals surface area contributed by atoms with Crippen LogP contribution in [-0.4, -0.2) is 21.1 Å². The monoisotopic (exact) mass is 206 g/mol. The molecular formula is C7H8F2N2OS. The van der Waals surface area contributed by atoms with Crippen LogP contribution in [-0.2, 0) is 11.0 Å². The molecule has 0 aliphatic carbocycles. The number of fused-ring (bicyclic) bond motifs is 1. The second kappa shape index (κ2) is 3.19. The minimum Gasteiger partial charge on any atom is -0.383 e. The number of hydrogen-bond acceptors (Lipinski definition) is 2. The third kappa shape index (κ3) is 1.40. The number of nitrogens with one attached hydrogen (secondary N) is 1. The van der Waals surface area contributed by atoms with Gasteiger partial charge < -0.3 is 5.32 Å². The van der Waals surface area contributed by atoms with Gasteiger partial charge in [0.15, 0.2) is 17.3 Å². The Morgan fingerprint density at radius 1 is 1.69 bits per heavy atom. The van der Waals surface area contributed by atoms with Crippen molar-refractivity contribution >= 4 is 11.0 Å². The van der Waals surface area contributed by atoms with Crippen molar-refractivity contribution < 1.29 is 13.1 Å². The van der Waals surface area contributed by atoms with Crippen LogP contribution in [0.25, 0.3) is 0 Å². The second-order valence-electron chi connectivity index (χ2n) is 2.84. The van der Waals surface area contributed by atoms with E-state index in [1.807, 2.05) is 0 Å². The van der Waals surface area contributed by atoms with E-state index in [9.17, 15) is 13.1 Å². The highest BCUT2D eigenvalue weighted by atomic mass is 32.2. The van der Waals surface area contributed by atoms with Crippen molar-refractivity contribution in [3.63, 3.8) is 0 Å². The first-order valence-electron chi connectivity index (χ1n) is 3.84. The van der Waals surface area contributed by atoms with Crippen LogP contribution in [0.5, 0.6) is 0 Å². The predicted octanol–water partition coefficient (Wildman–Crippen LogP) is 0.905. The van der Waals surface area contributed by atoms with E-state index in [4.69, 9.17) is 0 Å². The summed E-state index contributed by atoms with van der Waals surface area (Å²) in [5.41, 5.74) is 0. The maximum Gasteiger partial charge on any atom is 0.196 e. The first kappa shape index (κ1) is 8.83. The molecule has 1 saturated heterocycles. The summed E-state index contributed by atoms with van der Waals surface area (Å²) >= 11 is 0. The largest absolute Gasteiger partial charge is 0.383 e. The summed E-state index contributed by atoms with van der Waals surface area (Å²) in [5, 5.41) is 2.83. The molecule has 6 heteroatoms. The molecule has 2 rings (SSSR count). The highest BCUT2D eigenvalue weighted by Gasteiger charge is 2.38. The number of allylic oxidation sites excluding steroid dienone is 2. The van der Waals surface area contributed by atoms with E-state index in [0.29, 0.717) is 4.91 Å². The molecule has 0 amide bonds. The van der Waals surface area contributed by atoms with Gasteiger partial charge >= 0.3 is 0 Å². The quantitative estimate of drug-likeness (QED) is 0.472. The van der Waals surface area contributed by atoms with E-state index < -0.39 is 17.3 Å². The van der Waals surface area contributed by atoms with Gasteiger partial charge in [0.05, 0.1) is 10.9 Å². The Labute approximate surface area is 76.6 Å². The molecule has 0 aromatic rings. The standard InChI is InChI=1S/C7H8F2N2OS/c8-7-4-5-6(2-1-3-10-5)13(12)11(7)9/h1-3,5,7,10H,4H2. The highest BCUT2D eigenvalue weighted by Crippen LogP contribution is 2.29. The molecule has 1 fully saturated rings. The molecule has 0 saturated carbocycles. The lowest BCUT2D eigenvalue weighted by molar-refractivity contribution is 0.00189. The Morgan fingerprint density at radius 2 is 2.46 bits per heavy atom. The number of nitrogens with zero attached hydrogens (tertiary/aromatic N) is 1. The lowest BCUT2D eigenvalue weighted by Crippen LogP contribution is -2.45. The van der Waals surface area contributed by atoms with Gasteiger partial charge in [0.1, 0.15) is 0 Å². The molecule has 72 valence electrons. The Morgan fingerprint density at radius 3 is 3.23 bits per heavy atom. The van der Waals surface area contributed by atoms with Crippen LogP contribution in [0.2, 0.25) is 0 Å². The molecule has 13 heavy (non-hydrogen) atoms. The number of dihydropyridines is 1. The first-order chi connectivity index (χ1) is 6.20. The van der Waals surface area contributed by atoms with Gasteiger partial charge in [0.2, 0.25) is 0 Å². The summed E-state index contributed by atoms with van der Waals surface area (Å²) in [4.78, 5) is 0.388. The molecule has 2 aliphatic rings. The van der Waals surface area contributed by atoms with Crippen molar-refractivity contribution in [1.29, 1.82) is 0 Å². The van der Waals surface area contributed by atoms with Gasteiger partial charge in [-0.2, -0.15) is 0 Å². The fourth-order valence-electron chi connectivity index (χ4n) is 1.36. The van der Waals surface area contributed by atoms with Crippen LogP contribution in [0.15, 0.2) is 23.3 Å². The Kier molecular flexibility index (Phi) is 2.17. The average Bonchev–Trinajstić information content (AvgIpc) is 2.15. The van der Waals surface area contributed by atoms with Gasteiger partial charge in [-0.1, -0.05) is 0 Å². The molecule has 2 heterocycles. The molecule has 0 aromatic heterocycles. The Hall–Kier alpha value is -0.750. The summed E-state index contributed by atoms with van der Waals surface area (Å²) < 4.78 is 36.7. The van der Waals surface area contributed by atoms with Gasteiger partial charge in [0.25, 0.3) is 0 Å². The molecule has 3 atom stereocenters. The van der Waals surface area contributed by atoms with E-state index in [2.05, 4.69) is 5.32 Å². The van der Waals surface area contributed by atoms with Gasteiger partial charge in [0, 0.05) is 6.42 Å². The number of halogens is 2. The van der Waals surface area contributed by atoms with Gasteiger partial charge in [-0.05, 0) is 22.9 Å². The van der Waals surface area contributed by atoms with Crippen molar-refractivity contribution in [2.45, 2.75) is 18.8 Å². The van der Waals surface area contributed by atoms with Crippen molar-refractivity contribution in [1.82, 2.24) is 9.84 Å². The SMILES string of the molecule is O=S1C2=CC=CNC2CC(F)N1F. The van der Waals surface area contributed by atoms with Crippen LogP contribution in [0.3, 0.4) is 0 Å².